The fourth-order valence-corrected chi connectivity index (χ4v) is 2.20. The van der Waals surface area contributed by atoms with Crippen LogP contribution in [0.25, 0.3) is 5.76 Å². The lowest BCUT2D eigenvalue weighted by molar-refractivity contribution is 0.396. The van der Waals surface area contributed by atoms with Crippen LogP contribution in [-0.2, 0) is 4.65 Å². The van der Waals surface area contributed by atoms with Gasteiger partial charge in [-0.1, -0.05) is 0 Å². The number of hydrogen-bond donors (Lipinski definition) is 0. The van der Waals surface area contributed by atoms with Crippen LogP contribution in [0.2, 0.25) is 0 Å². The third-order valence-electron chi connectivity index (χ3n) is 3.49. The van der Waals surface area contributed by atoms with Gasteiger partial charge in [-0.2, -0.15) is 0 Å². The highest BCUT2D eigenvalue weighted by atomic mass is 19.2. The zero-order valence-corrected chi connectivity index (χ0v) is 14.2. The summed E-state index contributed by atoms with van der Waals surface area (Å²) >= 11 is 0. The van der Waals surface area contributed by atoms with Crippen molar-refractivity contribution < 1.29 is 22.8 Å². The van der Waals surface area contributed by atoms with Gasteiger partial charge in [-0.3, -0.25) is 4.99 Å². The molecule has 0 heterocycles. The SMILES string of the molecule is CN=C(/C=C(\OB(F)F)c1ccc(OC)cc1)c1ccc(OC)cc1. The molecule has 130 valence electrons. The van der Waals surface area contributed by atoms with Gasteiger partial charge in [-0.25, -0.2) is 8.63 Å². The zero-order valence-electron chi connectivity index (χ0n) is 14.2. The lowest BCUT2D eigenvalue weighted by atomic mass is 10.1. The number of benzene rings is 2. The van der Waals surface area contributed by atoms with E-state index in [1.165, 1.54) is 13.2 Å². The number of hydrogen-bond acceptors (Lipinski definition) is 4. The molecule has 0 N–H and O–H groups in total. The van der Waals surface area contributed by atoms with E-state index in [2.05, 4.69) is 4.99 Å². The molecule has 0 saturated heterocycles. The Morgan fingerprint density at radius 1 is 0.880 bits per heavy atom. The summed E-state index contributed by atoms with van der Waals surface area (Å²) in [5.74, 6) is 1.34. The average molecular weight is 345 g/mol. The van der Waals surface area contributed by atoms with Crippen molar-refractivity contribution in [3.05, 3.63) is 65.7 Å². The second kappa shape index (κ2) is 8.87. The summed E-state index contributed by atoms with van der Waals surface area (Å²) in [6.07, 6.45) is 1.48. The van der Waals surface area contributed by atoms with E-state index in [-0.39, 0.29) is 5.76 Å². The summed E-state index contributed by atoms with van der Waals surface area (Å²) < 4.78 is 40.5. The molecule has 0 bridgehead atoms. The van der Waals surface area contributed by atoms with Gasteiger partial charge in [0.15, 0.2) is 0 Å². The van der Waals surface area contributed by atoms with Crippen LogP contribution in [0.3, 0.4) is 0 Å². The van der Waals surface area contributed by atoms with Gasteiger partial charge < -0.3 is 14.1 Å². The van der Waals surface area contributed by atoms with E-state index in [1.54, 1.807) is 62.7 Å². The number of methoxy groups -OCH3 is 2. The molecule has 2 aromatic carbocycles. The highest BCUT2D eigenvalue weighted by Gasteiger charge is 2.21. The molecule has 2 aromatic rings. The van der Waals surface area contributed by atoms with Crippen molar-refractivity contribution in [3.63, 3.8) is 0 Å². The zero-order chi connectivity index (χ0) is 18.2. The lowest BCUT2D eigenvalue weighted by Gasteiger charge is -2.11. The van der Waals surface area contributed by atoms with Crippen LogP contribution in [0.1, 0.15) is 11.1 Å². The maximum Gasteiger partial charge on any atom is 0.796 e. The van der Waals surface area contributed by atoms with Gasteiger partial charge in [0, 0.05) is 24.3 Å². The van der Waals surface area contributed by atoms with E-state index in [0.29, 0.717) is 22.8 Å². The molecular formula is C18H18BF2NO3. The monoisotopic (exact) mass is 345 g/mol. The van der Waals surface area contributed by atoms with E-state index in [0.717, 1.165) is 5.56 Å². The first-order valence-corrected chi connectivity index (χ1v) is 7.49. The van der Waals surface area contributed by atoms with Crippen molar-refractivity contribution in [2.75, 3.05) is 21.3 Å². The Bertz CT molecular complexity index is 744. The predicted octanol–water partition coefficient (Wildman–Crippen LogP) is 4.10. The molecule has 0 saturated carbocycles. The number of nitrogens with zero attached hydrogens (tertiary/aromatic N) is 1. The first-order chi connectivity index (χ1) is 12.1. The van der Waals surface area contributed by atoms with E-state index >= 15 is 0 Å². The minimum Gasteiger partial charge on any atom is -0.505 e. The maximum atomic E-state index is 12.8. The molecule has 0 aliphatic carbocycles. The molecule has 0 atom stereocenters. The molecule has 0 radical (unpaired) electrons. The smallest absolute Gasteiger partial charge is 0.505 e. The first kappa shape index (κ1) is 18.5. The number of ether oxygens (including phenoxy) is 2. The summed E-state index contributed by atoms with van der Waals surface area (Å²) in [5, 5.41) is 0. The third kappa shape index (κ3) is 5.07. The topological polar surface area (TPSA) is 40.0 Å². The lowest BCUT2D eigenvalue weighted by Crippen LogP contribution is -2.07. The Morgan fingerprint density at radius 2 is 1.36 bits per heavy atom. The van der Waals surface area contributed by atoms with E-state index in [9.17, 15) is 8.63 Å². The summed E-state index contributed by atoms with van der Waals surface area (Å²) in [6.45, 7) is 0. The Labute approximate surface area is 146 Å². The summed E-state index contributed by atoms with van der Waals surface area (Å²) in [4.78, 5) is 4.17. The van der Waals surface area contributed by atoms with Gasteiger partial charge in [0.2, 0.25) is 0 Å². The van der Waals surface area contributed by atoms with Crippen LogP contribution < -0.4 is 9.47 Å². The fourth-order valence-electron chi connectivity index (χ4n) is 2.20. The summed E-state index contributed by atoms with van der Waals surface area (Å²) in [6, 6.07) is 13.8. The first-order valence-electron chi connectivity index (χ1n) is 7.49. The Hall–Kier alpha value is -2.83. The van der Waals surface area contributed by atoms with Gasteiger partial charge in [-0.15, -0.1) is 0 Å². The average Bonchev–Trinajstić information content (AvgIpc) is 2.65. The van der Waals surface area contributed by atoms with Crippen molar-refractivity contribution >= 4 is 18.9 Å². The van der Waals surface area contributed by atoms with E-state index < -0.39 is 7.47 Å². The fraction of sp³-hybridized carbons (Fsp3) is 0.167. The van der Waals surface area contributed by atoms with Crippen molar-refractivity contribution in [3.8, 4) is 11.5 Å². The van der Waals surface area contributed by atoms with Crippen molar-refractivity contribution in [1.29, 1.82) is 0 Å². The van der Waals surface area contributed by atoms with Crippen molar-refractivity contribution in [2.45, 2.75) is 0 Å². The molecule has 25 heavy (non-hydrogen) atoms. The molecule has 0 aliphatic rings. The van der Waals surface area contributed by atoms with Crippen molar-refractivity contribution in [1.82, 2.24) is 0 Å². The number of halogens is 2. The maximum absolute atomic E-state index is 12.8. The summed E-state index contributed by atoms with van der Waals surface area (Å²) in [7, 11) is 1.75. The number of allylic oxidation sites excluding steroid dienone is 1. The second-order valence-electron chi connectivity index (χ2n) is 4.95. The van der Waals surface area contributed by atoms with E-state index in [1.807, 2.05) is 0 Å². The number of aliphatic imine (C=N–C) groups is 1. The largest absolute Gasteiger partial charge is 0.796 e. The molecule has 0 unspecified atom stereocenters. The highest BCUT2D eigenvalue weighted by molar-refractivity contribution is 6.36. The molecule has 0 aromatic heterocycles. The minimum atomic E-state index is -2.94. The molecule has 0 amide bonds. The normalized spacial score (nSPS) is 11.9. The second-order valence-corrected chi connectivity index (χ2v) is 4.95. The molecular weight excluding hydrogens is 327 g/mol. The van der Waals surface area contributed by atoms with Gasteiger partial charge in [-0.05, 0) is 48.5 Å². The standard InChI is InChI=1S/C18H18BF2NO3/c1-22-17(13-4-8-15(23-2)9-5-13)12-18(25-19(20)21)14-6-10-16(24-3)11-7-14/h4-12H,1-3H3/b18-12-,22-17?. The van der Waals surface area contributed by atoms with Crippen LogP contribution in [0.5, 0.6) is 11.5 Å². The molecule has 4 nitrogen and oxygen atoms in total. The van der Waals surface area contributed by atoms with Gasteiger partial charge >= 0.3 is 7.47 Å². The molecule has 0 aliphatic heterocycles. The molecule has 0 spiro atoms. The Morgan fingerprint density at radius 3 is 1.76 bits per heavy atom. The van der Waals surface area contributed by atoms with Gasteiger partial charge in [0.25, 0.3) is 0 Å². The Kier molecular flexibility index (Phi) is 6.57. The van der Waals surface area contributed by atoms with Crippen LogP contribution in [-0.4, -0.2) is 34.4 Å². The molecule has 2 rings (SSSR count). The highest BCUT2D eigenvalue weighted by Crippen LogP contribution is 2.22. The van der Waals surface area contributed by atoms with Gasteiger partial charge in [0.1, 0.15) is 17.3 Å². The summed E-state index contributed by atoms with van der Waals surface area (Å²) in [5.41, 5.74) is 1.76. The van der Waals surface area contributed by atoms with Crippen molar-refractivity contribution in [2.24, 2.45) is 4.99 Å². The third-order valence-corrected chi connectivity index (χ3v) is 3.49. The predicted molar refractivity (Wildman–Crippen MR) is 95.5 cm³/mol. The minimum absolute atomic E-state index is 0.0223. The quantitative estimate of drug-likeness (QED) is 0.431. The van der Waals surface area contributed by atoms with Crippen LogP contribution in [0.15, 0.2) is 59.6 Å². The van der Waals surface area contributed by atoms with Crippen LogP contribution in [0.4, 0.5) is 8.63 Å². The van der Waals surface area contributed by atoms with Crippen LogP contribution in [0, 0.1) is 0 Å². The van der Waals surface area contributed by atoms with Crippen LogP contribution >= 0.6 is 0 Å². The molecule has 0 fully saturated rings. The Balaban J connectivity index is 2.38. The molecule has 7 heteroatoms. The number of rotatable bonds is 7. The van der Waals surface area contributed by atoms with E-state index in [4.69, 9.17) is 14.1 Å². The van der Waals surface area contributed by atoms with Gasteiger partial charge in [0.05, 0.1) is 19.9 Å².